The summed E-state index contributed by atoms with van der Waals surface area (Å²) in [7, 11) is 0. The van der Waals surface area contributed by atoms with Crippen molar-refractivity contribution >= 4 is 28.9 Å². The molecule has 3 aromatic carbocycles. The van der Waals surface area contributed by atoms with Crippen LogP contribution in [0.1, 0.15) is 10.5 Å². The Morgan fingerprint density at radius 1 is 0.857 bits per heavy atom. The fourth-order valence-electron chi connectivity index (χ4n) is 4.21. The van der Waals surface area contributed by atoms with E-state index < -0.39 is 4.92 Å². The van der Waals surface area contributed by atoms with Crippen LogP contribution >= 0.6 is 11.6 Å². The molecule has 0 unspecified atom stereocenters. The van der Waals surface area contributed by atoms with E-state index in [1.165, 1.54) is 12.1 Å². The van der Waals surface area contributed by atoms with Gasteiger partial charge < -0.3 is 9.80 Å². The molecule has 1 aliphatic rings. The highest BCUT2D eigenvalue weighted by Gasteiger charge is 2.27. The molecule has 1 fully saturated rings. The highest BCUT2D eigenvalue weighted by atomic mass is 35.5. The Balaban J connectivity index is 1.39. The average molecular weight is 488 g/mol. The Labute approximate surface area is 207 Å². The van der Waals surface area contributed by atoms with Gasteiger partial charge in [-0.25, -0.2) is 4.68 Å². The van der Waals surface area contributed by atoms with Gasteiger partial charge >= 0.3 is 0 Å². The Bertz CT molecular complexity index is 1360. The van der Waals surface area contributed by atoms with Gasteiger partial charge in [-0.05, 0) is 36.4 Å². The van der Waals surface area contributed by atoms with Crippen molar-refractivity contribution in [2.75, 3.05) is 31.1 Å². The normalized spacial score (nSPS) is 13.6. The second kappa shape index (κ2) is 9.60. The summed E-state index contributed by atoms with van der Waals surface area (Å²) >= 11 is 6.41. The number of benzene rings is 3. The first-order valence-electron chi connectivity index (χ1n) is 11.2. The minimum absolute atomic E-state index is 0.0612. The van der Waals surface area contributed by atoms with Gasteiger partial charge in [0, 0.05) is 49.6 Å². The number of halogens is 1. The van der Waals surface area contributed by atoms with E-state index in [0.29, 0.717) is 42.6 Å². The van der Waals surface area contributed by atoms with Gasteiger partial charge in [0.1, 0.15) is 5.69 Å². The number of carbonyl (C=O) groups excluding carboxylic acids is 1. The summed E-state index contributed by atoms with van der Waals surface area (Å²) in [4.78, 5) is 28.1. The molecule has 0 saturated carbocycles. The molecule has 0 aliphatic carbocycles. The van der Waals surface area contributed by atoms with E-state index in [1.54, 1.807) is 28.9 Å². The molecule has 35 heavy (non-hydrogen) atoms. The molecule has 9 heteroatoms. The van der Waals surface area contributed by atoms with E-state index >= 15 is 0 Å². The lowest BCUT2D eigenvalue weighted by Gasteiger charge is -2.36. The second-order valence-electron chi connectivity index (χ2n) is 8.19. The zero-order valence-corrected chi connectivity index (χ0v) is 19.5. The van der Waals surface area contributed by atoms with Gasteiger partial charge in [0.05, 0.1) is 21.3 Å². The third-order valence-electron chi connectivity index (χ3n) is 6.07. The van der Waals surface area contributed by atoms with E-state index in [2.05, 4.69) is 4.90 Å². The van der Waals surface area contributed by atoms with E-state index in [9.17, 15) is 14.9 Å². The van der Waals surface area contributed by atoms with E-state index in [0.717, 1.165) is 16.9 Å². The zero-order valence-electron chi connectivity index (χ0n) is 18.8. The van der Waals surface area contributed by atoms with Gasteiger partial charge in [0.2, 0.25) is 0 Å². The number of amides is 1. The van der Waals surface area contributed by atoms with Crippen LogP contribution in [0.15, 0.2) is 84.9 Å². The number of hydrogen-bond donors (Lipinski definition) is 0. The van der Waals surface area contributed by atoms with Gasteiger partial charge in [-0.2, -0.15) is 5.10 Å². The lowest BCUT2D eigenvalue weighted by molar-refractivity contribution is -0.384. The van der Waals surface area contributed by atoms with Crippen LogP contribution in [0.3, 0.4) is 0 Å². The van der Waals surface area contributed by atoms with Crippen LogP contribution in [0.5, 0.6) is 0 Å². The number of aromatic nitrogens is 2. The molecule has 1 aliphatic heterocycles. The summed E-state index contributed by atoms with van der Waals surface area (Å²) in [5.74, 6) is -0.108. The lowest BCUT2D eigenvalue weighted by atomic mass is 10.1. The van der Waals surface area contributed by atoms with Crippen molar-refractivity contribution in [2.24, 2.45) is 0 Å². The molecule has 0 radical (unpaired) electrons. The smallest absolute Gasteiger partial charge is 0.272 e. The third kappa shape index (κ3) is 4.61. The van der Waals surface area contributed by atoms with Crippen LogP contribution in [-0.2, 0) is 0 Å². The Morgan fingerprint density at radius 3 is 2.17 bits per heavy atom. The van der Waals surface area contributed by atoms with Crippen LogP contribution in [0.2, 0.25) is 5.02 Å². The van der Waals surface area contributed by atoms with Crippen molar-refractivity contribution < 1.29 is 9.72 Å². The van der Waals surface area contributed by atoms with Gasteiger partial charge in [-0.1, -0.05) is 48.0 Å². The quantitative estimate of drug-likeness (QED) is 0.290. The predicted molar refractivity (Wildman–Crippen MR) is 135 cm³/mol. The number of para-hydroxylation sites is 1. The number of anilines is 1. The molecule has 2 heterocycles. The summed E-state index contributed by atoms with van der Waals surface area (Å²) in [5, 5.41) is 16.2. The standard InChI is InChI=1S/C26H22ClN5O3/c27-23-9-5-4-8-22(23)24-18-25(31(28-24)20-6-2-1-3-7-20)26(33)30-16-14-29(15-17-30)19-10-12-21(13-11-19)32(34)35/h1-13,18H,14-17H2. The second-order valence-corrected chi connectivity index (χ2v) is 8.60. The first-order chi connectivity index (χ1) is 17.0. The van der Waals surface area contributed by atoms with Crippen molar-refractivity contribution in [2.45, 2.75) is 0 Å². The number of nitrogens with zero attached hydrogens (tertiary/aromatic N) is 5. The van der Waals surface area contributed by atoms with Crippen molar-refractivity contribution in [3.63, 3.8) is 0 Å². The predicted octanol–water partition coefficient (Wildman–Crippen LogP) is 5.06. The van der Waals surface area contributed by atoms with Crippen LogP contribution in [0.4, 0.5) is 11.4 Å². The molecule has 0 atom stereocenters. The van der Waals surface area contributed by atoms with Gasteiger partial charge in [0.15, 0.2) is 0 Å². The van der Waals surface area contributed by atoms with Crippen molar-refractivity contribution in [3.05, 3.63) is 106 Å². The molecule has 0 bridgehead atoms. The number of nitro benzene ring substituents is 1. The van der Waals surface area contributed by atoms with Crippen molar-refractivity contribution in [3.8, 4) is 16.9 Å². The van der Waals surface area contributed by atoms with E-state index in [1.807, 2.05) is 53.4 Å². The van der Waals surface area contributed by atoms with Crippen molar-refractivity contribution in [1.29, 1.82) is 0 Å². The molecule has 8 nitrogen and oxygen atoms in total. The first-order valence-corrected chi connectivity index (χ1v) is 11.6. The number of piperazine rings is 1. The maximum absolute atomic E-state index is 13.6. The summed E-state index contributed by atoms with van der Waals surface area (Å²) in [6.07, 6.45) is 0. The van der Waals surface area contributed by atoms with E-state index in [4.69, 9.17) is 16.7 Å². The Hall–Kier alpha value is -4.17. The van der Waals surface area contributed by atoms with E-state index in [-0.39, 0.29) is 11.6 Å². The SMILES string of the molecule is O=C(c1cc(-c2ccccc2Cl)nn1-c1ccccc1)N1CCN(c2ccc([N+](=O)[O-])cc2)CC1. The van der Waals surface area contributed by atoms with Gasteiger partial charge in [0.25, 0.3) is 11.6 Å². The molecule has 1 aromatic heterocycles. The summed E-state index contributed by atoms with van der Waals surface area (Å²) in [6, 6.07) is 25.3. The molecule has 176 valence electrons. The zero-order chi connectivity index (χ0) is 24.4. The fourth-order valence-corrected chi connectivity index (χ4v) is 4.45. The molecule has 5 rings (SSSR count). The Kier molecular flexibility index (Phi) is 6.20. The maximum atomic E-state index is 13.6. The highest BCUT2D eigenvalue weighted by Crippen LogP contribution is 2.29. The average Bonchev–Trinajstić information content (AvgIpc) is 3.34. The molecule has 4 aromatic rings. The molecule has 1 saturated heterocycles. The summed E-state index contributed by atoms with van der Waals surface area (Å²) in [5.41, 5.74) is 3.62. The monoisotopic (exact) mass is 487 g/mol. The lowest BCUT2D eigenvalue weighted by Crippen LogP contribution is -2.49. The first kappa shape index (κ1) is 22.6. The number of hydrogen-bond acceptors (Lipinski definition) is 5. The number of carbonyl (C=O) groups is 1. The van der Waals surface area contributed by atoms with Crippen LogP contribution < -0.4 is 4.90 Å². The van der Waals surface area contributed by atoms with Crippen LogP contribution in [0, 0.1) is 10.1 Å². The van der Waals surface area contributed by atoms with Crippen LogP contribution in [-0.4, -0.2) is 51.7 Å². The highest BCUT2D eigenvalue weighted by molar-refractivity contribution is 6.33. The molecular formula is C26H22ClN5O3. The molecule has 0 N–H and O–H groups in total. The largest absolute Gasteiger partial charge is 0.368 e. The summed E-state index contributed by atoms with van der Waals surface area (Å²) < 4.78 is 1.67. The molecule has 1 amide bonds. The maximum Gasteiger partial charge on any atom is 0.272 e. The molecule has 0 spiro atoms. The number of rotatable bonds is 5. The van der Waals surface area contributed by atoms with Crippen molar-refractivity contribution in [1.82, 2.24) is 14.7 Å². The van der Waals surface area contributed by atoms with Crippen LogP contribution in [0.25, 0.3) is 16.9 Å². The summed E-state index contributed by atoms with van der Waals surface area (Å²) in [6.45, 7) is 2.30. The topological polar surface area (TPSA) is 84.5 Å². The minimum Gasteiger partial charge on any atom is -0.368 e. The molecular weight excluding hydrogens is 466 g/mol. The number of nitro groups is 1. The fraction of sp³-hybridized carbons (Fsp3) is 0.154. The van der Waals surface area contributed by atoms with Gasteiger partial charge in [-0.3, -0.25) is 14.9 Å². The third-order valence-corrected chi connectivity index (χ3v) is 6.40. The number of non-ortho nitro benzene ring substituents is 1. The van der Waals surface area contributed by atoms with Gasteiger partial charge in [-0.15, -0.1) is 0 Å². The minimum atomic E-state index is -0.410. The Morgan fingerprint density at radius 2 is 1.51 bits per heavy atom.